The molecule has 7 heteroatoms. The molecule has 0 radical (unpaired) electrons. The molecular formula is C32H30N2O5. The fourth-order valence-electron chi connectivity index (χ4n) is 6.80. The van der Waals surface area contributed by atoms with E-state index in [0.29, 0.717) is 11.4 Å². The van der Waals surface area contributed by atoms with E-state index in [1.807, 2.05) is 44.2 Å². The largest absolute Gasteiger partial charge is 0.452 e. The lowest BCUT2D eigenvalue weighted by Gasteiger charge is -2.28. The zero-order valence-corrected chi connectivity index (χ0v) is 21.9. The predicted molar refractivity (Wildman–Crippen MR) is 146 cm³/mol. The van der Waals surface area contributed by atoms with Crippen LogP contribution in [0.2, 0.25) is 0 Å². The summed E-state index contributed by atoms with van der Waals surface area (Å²) in [6.07, 6.45) is 1.82. The SMILES string of the molecule is Cc1ccc(NC(=O)COC(=O)c2cccc(N3C(=O)[C@@H]4[C@@H]5C[C@@H]([C@@H]4C3=O)[C@H](c3ccccc3)C5)c2)cc1C. The summed E-state index contributed by atoms with van der Waals surface area (Å²) in [6, 6.07) is 22.1. The van der Waals surface area contributed by atoms with Crippen molar-refractivity contribution in [2.45, 2.75) is 32.6 Å². The van der Waals surface area contributed by atoms with Crippen molar-refractivity contribution in [3.63, 3.8) is 0 Å². The van der Waals surface area contributed by atoms with Gasteiger partial charge in [-0.3, -0.25) is 19.3 Å². The first-order valence-corrected chi connectivity index (χ1v) is 13.4. The molecule has 2 saturated carbocycles. The summed E-state index contributed by atoms with van der Waals surface area (Å²) < 4.78 is 5.23. The number of amides is 3. The van der Waals surface area contributed by atoms with Crippen LogP contribution in [0.4, 0.5) is 11.4 Å². The number of nitrogens with one attached hydrogen (secondary N) is 1. The van der Waals surface area contributed by atoms with Crippen LogP contribution in [0.15, 0.2) is 72.8 Å². The minimum atomic E-state index is -0.699. The van der Waals surface area contributed by atoms with Crippen molar-refractivity contribution < 1.29 is 23.9 Å². The molecule has 1 saturated heterocycles. The van der Waals surface area contributed by atoms with Crippen molar-refractivity contribution in [3.05, 3.63) is 95.1 Å². The van der Waals surface area contributed by atoms with Gasteiger partial charge in [-0.2, -0.15) is 0 Å². The van der Waals surface area contributed by atoms with Crippen LogP contribution < -0.4 is 10.2 Å². The molecule has 5 atom stereocenters. The van der Waals surface area contributed by atoms with Gasteiger partial charge in [-0.1, -0.05) is 42.5 Å². The van der Waals surface area contributed by atoms with E-state index in [9.17, 15) is 19.2 Å². The van der Waals surface area contributed by atoms with E-state index in [1.54, 1.807) is 24.3 Å². The highest BCUT2D eigenvalue weighted by molar-refractivity contribution is 6.23. The van der Waals surface area contributed by atoms with Gasteiger partial charge in [0.15, 0.2) is 6.61 Å². The molecule has 1 aliphatic heterocycles. The molecule has 2 bridgehead atoms. The van der Waals surface area contributed by atoms with Crippen LogP contribution in [-0.4, -0.2) is 30.3 Å². The molecule has 1 heterocycles. The third-order valence-electron chi connectivity index (χ3n) is 8.71. The Hall–Kier alpha value is -4.26. The Balaban J connectivity index is 1.13. The molecule has 1 N–H and O–H groups in total. The van der Waals surface area contributed by atoms with Gasteiger partial charge in [0.1, 0.15) is 0 Å². The van der Waals surface area contributed by atoms with Crippen molar-refractivity contribution >= 4 is 35.1 Å². The second kappa shape index (κ2) is 9.80. The maximum atomic E-state index is 13.6. The molecule has 3 amide bonds. The summed E-state index contributed by atoms with van der Waals surface area (Å²) in [6.45, 7) is 3.48. The Morgan fingerprint density at radius 1 is 0.872 bits per heavy atom. The van der Waals surface area contributed by atoms with E-state index in [1.165, 1.54) is 16.5 Å². The normalized spacial score (nSPS) is 25.1. The number of benzene rings is 3. The number of fused-ring (bicyclic) bond motifs is 5. The molecule has 0 spiro atoms. The van der Waals surface area contributed by atoms with E-state index >= 15 is 0 Å². The molecule has 3 aromatic carbocycles. The number of aryl methyl sites for hydroxylation is 2. The summed E-state index contributed by atoms with van der Waals surface area (Å²) in [4.78, 5) is 53.4. The number of anilines is 2. The second-order valence-electron chi connectivity index (χ2n) is 10.9. The summed E-state index contributed by atoms with van der Waals surface area (Å²) in [5.74, 6) is -1.52. The van der Waals surface area contributed by atoms with Gasteiger partial charge in [0.05, 0.1) is 23.1 Å². The van der Waals surface area contributed by atoms with Gasteiger partial charge in [-0.25, -0.2) is 4.79 Å². The average molecular weight is 523 g/mol. The second-order valence-corrected chi connectivity index (χ2v) is 10.9. The monoisotopic (exact) mass is 522 g/mol. The lowest BCUT2D eigenvalue weighted by atomic mass is 9.73. The van der Waals surface area contributed by atoms with Crippen molar-refractivity contribution in [3.8, 4) is 0 Å². The molecule has 2 aliphatic carbocycles. The van der Waals surface area contributed by atoms with Crippen LogP contribution in [0.25, 0.3) is 0 Å². The highest BCUT2D eigenvalue weighted by Crippen LogP contribution is 2.61. The minimum absolute atomic E-state index is 0.146. The molecule has 3 fully saturated rings. The Morgan fingerprint density at radius 2 is 1.64 bits per heavy atom. The fourth-order valence-corrected chi connectivity index (χ4v) is 6.80. The van der Waals surface area contributed by atoms with Crippen LogP contribution in [0, 0.1) is 37.5 Å². The van der Waals surface area contributed by atoms with Crippen LogP contribution in [0.5, 0.6) is 0 Å². The van der Waals surface area contributed by atoms with E-state index in [0.717, 1.165) is 24.0 Å². The molecule has 7 nitrogen and oxygen atoms in total. The summed E-state index contributed by atoms with van der Waals surface area (Å²) >= 11 is 0. The third kappa shape index (κ3) is 4.42. The molecule has 3 aromatic rings. The van der Waals surface area contributed by atoms with E-state index in [4.69, 9.17) is 4.74 Å². The highest BCUT2D eigenvalue weighted by atomic mass is 16.5. The van der Waals surface area contributed by atoms with Crippen LogP contribution in [-0.2, 0) is 19.1 Å². The first kappa shape index (κ1) is 25.0. The van der Waals surface area contributed by atoms with Gasteiger partial charge in [0, 0.05) is 5.69 Å². The van der Waals surface area contributed by atoms with E-state index in [2.05, 4.69) is 17.4 Å². The zero-order valence-electron chi connectivity index (χ0n) is 21.9. The van der Waals surface area contributed by atoms with Crippen molar-refractivity contribution in [2.75, 3.05) is 16.8 Å². The number of carbonyl (C=O) groups excluding carboxylic acids is 4. The summed E-state index contributed by atoms with van der Waals surface area (Å²) in [5.41, 5.74) is 4.55. The number of imide groups is 1. The van der Waals surface area contributed by atoms with Gasteiger partial charge in [0.2, 0.25) is 11.8 Å². The minimum Gasteiger partial charge on any atom is -0.452 e. The van der Waals surface area contributed by atoms with E-state index in [-0.39, 0.29) is 47.0 Å². The Labute approximate surface area is 227 Å². The molecular weight excluding hydrogens is 492 g/mol. The number of hydrogen-bond acceptors (Lipinski definition) is 5. The molecule has 198 valence electrons. The van der Waals surface area contributed by atoms with Gasteiger partial charge in [0.25, 0.3) is 5.91 Å². The van der Waals surface area contributed by atoms with Crippen molar-refractivity contribution in [1.29, 1.82) is 0 Å². The average Bonchev–Trinajstić information content (AvgIpc) is 3.61. The highest BCUT2D eigenvalue weighted by Gasteiger charge is 2.64. The predicted octanol–water partition coefficient (Wildman–Crippen LogP) is 5.03. The topological polar surface area (TPSA) is 92.8 Å². The molecule has 0 unspecified atom stereocenters. The van der Waals surface area contributed by atoms with Crippen LogP contribution >= 0.6 is 0 Å². The van der Waals surface area contributed by atoms with Crippen molar-refractivity contribution in [1.82, 2.24) is 0 Å². The number of hydrogen-bond donors (Lipinski definition) is 1. The number of nitrogens with zero attached hydrogens (tertiary/aromatic N) is 1. The maximum absolute atomic E-state index is 13.6. The fraction of sp³-hybridized carbons (Fsp3) is 0.312. The Kier molecular flexibility index (Phi) is 6.29. The summed E-state index contributed by atoms with van der Waals surface area (Å²) in [5, 5.41) is 2.72. The standard InChI is InChI=1S/C32H30N2O5/c1-18-11-12-23(13-19(18)2)33-27(35)17-39-32(38)21-9-6-10-24(14-21)34-30(36)28-22-15-25(20-7-4-3-5-8-20)26(16-22)29(28)31(34)37/h3-14,22,25-26,28-29H,15-17H2,1-2H3,(H,33,35)/t22-,25-,26+,28+,29-/m0/s1. The molecule has 3 aliphatic rings. The Bertz CT molecular complexity index is 1480. The lowest BCUT2D eigenvalue weighted by molar-refractivity contribution is -0.123. The molecule has 0 aromatic heterocycles. The van der Waals surface area contributed by atoms with E-state index < -0.39 is 18.5 Å². The van der Waals surface area contributed by atoms with Crippen LogP contribution in [0.3, 0.4) is 0 Å². The van der Waals surface area contributed by atoms with Gasteiger partial charge in [-0.05, 0) is 91.5 Å². The van der Waals surface area contributed by atoms with Gasteiger partial charge < -0.3 is 10.1 Å². The number of esters is 1. The summed E-state index contributed by atoms with van der Waals surface area (Å²) in [7, 11) is 0. The molecule has 6 rings (SSSR count). The first-order chi connectivity index (χ1) is 18.8. The lowest BCUT2D eigenvalue weighted by Crippen LogP contribution is -2.33. The number of rotatable bonds is 6. The smallest absolute Gasteiger partial charge is 0.338 e. The number of carbonyl (C=O) groups is 4. The number of ether oxygens (including phenoxy) is 1. The molecule has 39 heavy (non-hydrogen) atoms. The van der Waals surface area contributed by atoms with Gasteiger partial charge in [-0.15, -0.1) is 0 Å². The zero-order chi connectivity index (χ0) is 27.3. The van der Waals surface area contributed by atoms with Crippen LogP contribution in [0.1, 0.15) is 45.8 Å². The first-order valence-electron chi connectivity index (χ1n) is 13.4. The van der Waals surface area contributed by atoms with Crippen molar-refractivity contribution in [2.24, 2.45) is 23.7 Å². The maximum Gasteiger partial charge on any atom is 0.338 e. The Morgan fingerprint density at radius 3 is 2.41 bits per heavy atom. The quantitative estimate of drug-likeness (QED) is 0.362. The third-order valence-corrected chi connectivity index (χ3v) is 8.71. The van der Waals surface area contributed by atoms with Gasteiger partial charge >= 0.3 is 5.97 Å².